The van der Waals surface area contributed by atoms with E-state index < -0.39 is 11.5 Å². The molecule has 2 aromatic rings. The van der Waals surface area contributed by atoms with Gasteiger partial charge in [-0.15, -0.1) is 0 Å². The standard InChI is InChI=1S/C9H9N5O4/c1-18-6-7(11-3-12-8(6)15)14-2-4(10)5(13-14)9(16)17/h2-3H,10H2,1H3,(H,16,17)(H,11,12,15). The van der Waals surface area contributed by atoms with Gasteiger partial charge >= 0.3 is 5.97 Å². The number of ether oxygens (including phenoxy) is 1. The van der Waals surface area contributed by atoms with Gasteiger partial charge in [-0.25, -0.2) is 14.5 Å². The van der Waals surface area contributed by atoms with Crippen LogP contribution in [0.5, 0.6) is 5.75 Å². The van der Waals surface area contributed by atoms with Gasteiger partial charge < -0.3 is 20.6 Å². The molecule has 2 aromatic heterocycles. The van der Waals surface area contributed by atoms with Gasteiger partial charge in [0.1, 0.15) is 0 Å². The maximum Gasteiger partial charge on any atom is 0.358 e. The summed E-state index contributed by atoms with van der Waals surface area (Å²) in [5, 5.41) is 12.6. The molecule has 0 fully saturated rings. The predicted molar refractivity (Wildman–Crippen MR) is 59.9 cm³/mol. The van der Waals surface area contributed by atoms with Crippen molar-refractivity contribution in [2.75, 3.05) is 12.8 Å². The average Bonchev–Trinajstić information content (AvgIpc) is 2.71. The molecule has 0 aliphatic heterocycles. The van der Waals surface area contributed by atoms with E-state index >= 15 is 0 Å². The van der Waals surface area contributed by atoms with Crippen LogP contribution in [0.3, 0.4) is 0 Å². The van der Waals surface area contributed by atoms with Gasteiger partial charge in [-0.3, -0.25) is 4.79 Å². The lowest BCUT2D eigenvalue weighted by atomic mass is 10.4. The molecule has 9 nitrogen and oxygen atoms in total. The van der Waals surface area contributed by atoms with Crippen LogP contribution in [0, 0.1) is 0 Å². The van der Waals surface area contributed by atoms with Crippen molar-refractivity contribution in [3.8, 4) is 11.6 Å². The number of hydrogen-bond donors (Lipinski definition) is 3. The largest absolute Gasteiger partial charge is 0.488 e. The first kappa shape index (κ1) is 11.6. The summed E-state index contributed by atoms with van der Waals surface area (Å²) >= 11 is 0. The molecule has 18 heavy (non-hydrogen) atoms. The fourth-order valence-corrected chi connectivity index (χ4v) is 1.39. The van der Waals surface area contributed by atoms with E-state index in [1.807, 2.05) is 0 Å². The van der Waals surface area contributed by atoms with Crippen LogP contribution in [0.15, 0.2) is 17.3 Å². The molecular formula is C9H9N5O4. The van der Waals surface area contributed by atoms with Gasteiger partial charge in [0.2, 0.25) is 11.6 Å². The van der Waals surface area contributed by atoms with E-state index in [1.165, 1.54) is 13.3 Å². The van der Waals surface area contributed by atoms with Crippen LogP contribution in [0.1, 0.15) is 10.5 Å². The lowest BCUT2D eigenvalue weighted by molar-refractivity contribution is 0.0691. The molecule has 0 aliphatic carbocycles. The van der Waals surface area contributed by atoms with Crippen LogP contribution < -0.4 is 16.0 Å². The molecule has 0 amide bonds. The zero-order valence-electron chi connectivity index (χ0n) is 9.25. The number of aromatic nitrogens is 4. The van der Waals surface area contributed by atoms with Crippen LogP contribution in [0.25, 0.3) is 5.82 Å². The number of nitrogens with one attached hydrogen (secondary N) is 1. The van der Waals surface area contributed by atoms with E-state index in [9.17, 15) is 9.59 Å². The summed E-state index contributed by atoms with van der Waals surface area (Å²) in [5.41, 5.74) is 4.63. The maximum atomic E-state index is 11.5. The van der Waals surface area contributed by atoms with Crippen LogP contribution in [0.4, 0.5) is 5.69 Å². The fraction of sp³-hybridized carbons (Fsp3) is 0.111. The number of hydrogen-bond acceptors (Lipinski definition) is 6. The molecule has 2 heterocycles. The van der Waals surface area contributed by atoms with Gasteiger partial charge in [-0.05, 0) is 0 Å². The highest BCUT2D eigenvalue weighted by Crippen LogP contribution is 2.17. The summed E-state index contributed by atoms with van der Waals surface area (Å²) in [6.45, 7) is 0. The van der Waals surface area contributed by atoms with Crippen molar-refractivity contribution in [3.05, 3.63) is 28.6 Å². The first-order valence-corrected chi connectivity index (χ1v) is 4.75. The van der Waals surface area contributed by atoms with E-state index in [-0.39, 0.29) is 22.9 Å². The van der Waals surface area contributed by atoms with Gasteiger partial charge in [0, 0.05) is 0 Å². The van der Waals surface area contributed by atoms with Gasteiger partial charge in [0.25, 0.3) is 5.56 Å². The number of H-pyrrole nitrogens is 1. The van der Waals surface area contributed by atoms with Gasteiger partial charge in [-0.2, -0.15) is 5.10 Å². The number of nitrogen functional groups attached to an aromatic ring is 1. The molecule has 4 N–H and O–H groups in total. The van der Waals surface area contributed by atoms with E-state index in [4.69, 9.17) is 15.6 Å². The molecule has 0 aromatic carbocycles. The molecule has 94 valence electrons. The highest BCUT2D eigenvalue weighted by Gasteiger charge is 2.18. The molecule has 0 unspecified atom stereocenters. The number of methoxy groups -OCH3 is 1. The Morgan fingerprint density at radius 1 is 1.61 bits per heavy atom. The third-order valence-corrected chi connectivity index (χ3v) is 2.16. The zero-order chi connectivity index (χ0) is 13.3. The smallest absolute Gasteiger partial charge is 0.358 e. The molecule has 9 heteroatoms. The minimum absolute atomic E-state index is 0.0355. The summed E-state index contributed by atoms with van der Waals surface area (Å²) in [6, 6.07) is 0. The quantitative estimate of drug-likeness (QED) is 0.652. The second-order valence-electron chi connectivity index (χ2n) is 3.27. The number of rotatable bonds is 3. The Balaban J connectivity index is 2.63. The SMILES string of the molecule is COc1c(-n2cc(N)c(C(=O)O)n2)nc[nH]c1=O. The van der Waals surface area contributed by atoms with Crippen LogP contribution in [0.2, 0.25) is 0 Å². The first-order chi connectivity index (χ1) is 8.54. The summed E-state index contributed by atoms with van der Waals surface area (Å²) in [7, 11) is 1.29. The highest BCUT2D eigenvalue weighted by atomic mass is 16.5. The van der Waals surface area contributed by atoms with Crippen molar-refractivity contribution in [2.45, 2.75) is 0 Å². The minimum atomic E-state index is -1.27. The van der Waals surface area contributed by atoms with Gasteiger partial charge in [0.05, 0.1) is 25.3 Å². The van der Waals surface area contributed by atoms with Gasteiger partial charge in [-0.1, -0.05) is 0 Å². The molecule has 0 saturated heterocycles. The molecule has 0 bridgehead atoms. The summed E-state index contributed by atoms with van der Waals surface area (Å²) < 4.78 is 5.96. The molecule has 0 spiro atoms. The molecule has 0 saturated carbocycles. The molecular weight excluding hydrogens is 242 g/mol. The lowest BCUT2D eigenvalue weighted by Gasteiger charge is -2.04. The monoisotopic (exact) mass is 251 g/mol. The summed E-state index contributed by atoms with van der Waals surface area (Å²) in [4.78, 5) is 28.5. The highest BCUT2D eigenvalue weighted by molar-refractivity contribution is 5.91. The van der Waals surface area contributed by atoms with Crippen molar-refractivity contribution < 1.29 is 14.6 Å². The van der Waals surface area contributed by atoms with E-state index in [0.717, 1.165) is 11.0 Å². The summed E-state index contributed by atoms with van der Waals surface area (Å²) in [5.74, 6) is -1.30. The van der Waals surface area contributed by atoms with Crippen molar-refractivity contribution in [1.29, 1.82) is 0 Å². The molecule has 0 radical (unpaired) electrons. The van der Waals surface area contributed by atoms with E-state index in [0.29, 0.717) is 0 Å². The number of nitrogens with zero attached hydrogens (tertiary/aromatic N) is 3. The topological polar surface area (TPSA) is 136 Å². The first-order valence-electron chi connectivity index (χ1n) is 4.75. The maximum absolute atomic E-state index is 11.5. The normalized spacial score (nSPS) is 10.3. The lowest BCUT2D eigenvalue weighted by Crippen LogP contribution is -2.15. The van der Waals surface area contributed by atoms with Crippen molar-refractivity contribution in [1.82, 2.24) is 19.7 Å². The number of nitrogens with two attached hydrogens (primary N) is 1. The van der Waals surface area contributed by atoms with Gasteiger partial charge in [0.15, 0.2) is 5.69 Å². The van der Waals surface area contributed by atoms with E-state index in [2.05, 4.69) is 15.1 Å². The number of carboxylic acids is 1. The zero-order valence-corrected chi connectivity index (χ0v) is 9.25. The Labute approximate surface area is 99.8 Å². The van der Waals surface area contributed by atoms with Crippen LogP contribution in [-0.2, 0) is 0 Å². The molecule has 0 aliphatic rings. The number of aromatic amines is 1. The Kier molecular flexibility index (Phi) is 2.72. The third kappa shape index (κ3) is 1.77. The summed E-state index contributed by atoms with van der Waals surface area (Å²) in [6.07, 6.45) is 2.40. The average molecular weight is 251 g/mol. The van der Waals surface area contributed by atoms with Crippen molar-refractivity contribution >= 4 is 11.7 Å². The van der Waals surface area contributed by atoms with E-state index in [1.54, 1.807) is 0 Å². The fourth-order valence-electron chi connectivity index (χ4n) is 1.39. The number of aromatic carboxylic acids is 1. The molecule has 0 atom stereocenters. The Bertz CT molecular complexity index is 659. The van der Waals surface area contributed by atoms with Crippen LogP contribution >= 0.6 is 0 Å². The number of anilines is 1. The second-order valence-corrected chi connectivity index (χ2v) is 3.27. The number of carboxylic acid groups (broad SMARTS) is 1. The van der Waals surface area contributed by atoms with Crippen molar-refractivity contribution in [3.63, 3.8) is 0 Å². The van der Waals surface area contributed by atoms with Crippen LogP contribution in [-0.4, -0.2) is 37.9 Å². The third-order valence-electron chi connectivity index (χ3n) is 2.16. The predicted octanol–water partition coefficient (Wildman–Crippen LogP) is -0.755. The Morgan fingerprint density at radius 3 is 2.89 bits per heavy atom. The van der Waals surface area contributed by atoms with Crippen molar-refractivity contribution in [2.24, 2.45) is 0 Å². The number of carbonyl (C=O) groups is 1. The minimum Gasteiger partial charge on any atom is -0.488 e. The Morgan fingerprint density at radius 2 is 2.33 bits per heavy atom. The second kappa shape index (κ2) is 4.20. The molecule has 2 rings (SSSR count). The Hall–Kier alpha value is -2.84.